The number of rotatable bonds is 53. The van der Waals surface area contributed by atoms with E-state index in [0.29, 0.717) is 19.4 Å². The monoisotopic (exact) mass is 914 g/mol. The van der Waals surface area contributed by atoms with E-state index in [4.69, 9.17) is 4.74 Å². The molecule has 382 valence electrons. The van der Waals surface area contributed by atoms with Crippen LogP contribution in [0.4, 0.5) is 0 Å². The topological polar surface area (TPSA) is 95.9 Å². The Morgan fingerprint density at radius 3 is 1.09 bits per heavy atom. The molecule has 0 bridgehead atoms. The Bertz CT molecular complexity index is 1060. The first-order valence-corrected chi connectivity index (χ1v) is 28.8. The number of ether oxygens (including phenoxy) is 1. The van der Waals surface area contributed by atoms with Crippen LogP contribution in [0.25, 0.3) is 0 Å². The summed E-state index contributed by atoms with van der Waals surface area (Å²) in [4.78, 5) is 24.5. The zero-order valence-electron chi connectivity index (χ0n) is 43.5. The molecule has 2 unspecified atom stereocenters. The molecular formula is C59H111NO5. The van der Waals surface area contributed by atoms with Crippen molar-refractivity contribution >= 4 is 11.9 Å². The molecule has 0 saturated carbocycles. The molecule has 0 fully saturated rings. The lowest BCUT2D eigenvalue weighted by molar-refractivity contribution is -0.143. The van der Waals surface area contributed by atoms with Crippen LogP contribution in [0.3, 0.4) is 0 Å². The third-order valence-corrected chi connectivity index (χ3v) is 13.1. The third-order valence-electron chi connectivity index (χ3n) is 13.1. The molecule has 0 aromatic carbocycles. The number of hydrogen-bond acceptors (Lipinski definition) is 5. The highest BCUT2D eigenvalue weighted by atomic mass is 16.5. The molecule has 0 aromatic heterocycles. The van der Waals surface area contributed by atoms with Crippen LogP contribution in [-0.2, 0) is 14.3 Å². The number of carbonyl (C=O) groups is 2. The van der Waals surface area contributed by atoms with Gasteiger partial charge in [-0.15, -0.1) is 0 Å². The fourth-order valence-electron chi connectivity index (χ4n) is 8.68. The minimum absolute atomic E-state index is 0.0114. The molecule has 0 rings (SSSR count). The second kappa shape index (κ2) is 54.7. The summed E-state index contributed by atoms with van der Waals surface area (Å²) in [6.45, 7) is 4.88. The van der Waals surface area contributed by atoms with Crippen molar-refractivity contribution in [1.82, 2.24) is 5.32 Å². The highest BCUT2D eigenvalue weighted by Crippen LogP contribution is 2.16. The fraction of sp³-hybridized carbons (Fsp3) is 0.864. The molecule has 0 aliphatic carbocycles. The molecule has 2 atom stereocenters. The van der Waals surface area contributed by atoms with Crippen molar-refractivity contribution in [3.8, 4) is 0 Å². The summed E-state index contributed by atoms with van der Waals surface area (Å²) in [6, 6.07) is -0.640. The average Bonchev–Trinajstić information content (AvgIpc) is 3.31. The van der Waals surface area contributed by atoms with Gasteiger partial charge in [0.1, 0.15) is 0 Å². The molecule has 0 heterocycles. The molecule has 0 radical (unpaired) electrons. The van der Waals surface area contributed by atoms with Crippen molar-refractivity contribution in [1.29, 1.82) is 0 Å². The van der Waals surface area contributed by atoms with Gasteiger partial charge < -0.3 is 20.3 Å². The van der Waals surface area contributed by atoms with Crippen molar-refractivity contribution < 1.29 is 24.5 Å². The Balaban J connectivity index is 3.50. The van der Waals surface area contributed by atoms with E-state index in [0.717, 1.165) is 64.2 Å². The summed E-state index contributed by atoms with van der Waals surface area (Å²) in [5, 5.41) is 23.1. The molecule has 6 nitrogen and oxygen atoms in total. The lowest BCUT2D eigenvalue weighted by Gasteiger charge is -2.20. The number of nitrogens with one attached hydrogen (secondary N) is 1. The van der Waals surface area contributed by atoms with E-state index >= 15 is 0 Å². The van der Waals surface area contributed by atoms with Gasteiger partial charge in [0, 0.05) is 12.8 Å². The number of unbranched alkanes of at least 4 members (excludes halogenated alkanes) is 38. The number of aliphatic hydroxyl groups is 2. The maximum absolute atomic E-state index is 12.4. The van der Waals surface area contributed by atoms with E-state index in [1.54, 1.807) is 6.08 Å². The Morgan fingerprint density at radius 1 is 0.415 bits per heavy atom. The van der Waals surface area contributed by atoms with Gasteiger partial charge in [0.25, 0.3) is 0 Å². The highest BCUT2D eigenvalue weighted by molar-refractivity contribution is 5.76. The Hall–Kier alpha value is -1.92. The summed E-state index contributed by atoms with van der Waals surface area (Å²) in [6.07, 6.45) is 67.3. The number of carbonyl (C=O) groups excluding carboxylic acids is 2. The van der Waals surface area contributed by atoms with Gasteiger partial charge >= 0.3 is 5.97 Å². The summed E-state index contributed by atoms with van der Waals surface area (Å²) in [7, 11) is 0. The minimum Gasteiger partial charge on any atom is -0.466 e. The number of amides is 1. The second-order valence-electron chi connectivity index (χ2n) is 19.6. The molecule has 0 saturated heterocycles. The normalized spacial score (nSPS) is 12.9. The summed E-state index contributed by atoms with van der Waals surface area (Å²) in [5.41, 5.74) is 0. The van der Waals surface area contributed by atoms with E-state index in [9.17, 15) is 19.8 Å². The van der Waals surface area contributed by atoms with Crippen LogP contribution < -0.4 is 5.32 Å². The Kier molecular flexibility index (Phi) is 53.1. The van der Waals surface area contributed by atoms with Crippen molar-refractivity contribution in [2.24, 2.45) is 0 Å². The maximum atomic E-state index is 12.4. The number of allylic oxidation sites excluding steroid dienone is 5. The molecule has 65 heavy (non-hydrogen) atoms. The van der Waals surface area contributed by atoms with Crippen LogP contribution in [0.5, 0.6) is 0 Å². The predicted molar refractivity (Wildman–Crippen MR) is 283 cm³/mol. The smallest absolute Gasteiger partial charge is 0.305 e. The lowest BCUT2D eigenvalue weighted by atomic mass is 10.0. The van der Waals surface area contributed by atoms with Crippen LogP contribution in [0, 0.1) is 0 Å². The largest absolute Gasteiger partial charge is 0.466 e. The van der Waals surface area contributed by atoms with Gasteiger partial charge in [0.05, 0.1) is 25.4 Å². The van der Waals surface area contributed by atoms with Crippen molar-refractivity contribution in [2.45, 2.75) is 315 Å². The minimum atomic E-state index is -0.855. The summed E-state index contributed by atoms with van der Waals surface area (Å²) in [5.74, 6) is -0.0960. The summed E-state index contributed by atoms with van der Waals surface area (Å²) < 4.78 is 5.47. The third kappa shape index (κ3) is 51.3. The Labute approximate surface area is 404 Å². The SMILES string of the molecule is CCCCCCCCC/C=C\CCCCCCCC(=O)OCCCCCCCCC/C=C\CCCCCCCC(=O)NC(CO)C(O)/C=C/CCCCCCCCCCCCCCCC. The van der Waals surface area contributed by atoms with Gasteiger partial charge in [0.2, 0.25) is 5.91 Å². The van der Waals surface area contributed by atoms with Crippen LogP contribution in [0.1, 0.15) is 303 Å². The average molecular weight is 915 g/mol. The quantitative estimate of drug-likeness (QED) is 0.0321. The second-order valence-corrected chi connectivity index (χ2v) is 19.6. The van der Waals surface area contributed by atoms with Gasteiger partial charge in [-0.2, -0.15) is 0 Å². The van der Waals surface area contributed by atoms with Crippen LogP contribution in [0.15, 0.2) is 36.5 Å². The van der Waals surface area contributed by atoms with Gasteiger partial charge in [-0.25, -0.2) is 0 Å². The van der Waals surface area contributed by atoms with E-state index in [2.05, 4.69) is 43.5 Å². The van der Waals surface area contributed by atoms with Gasteiger partial charge in [-0.1, -0.05) is 243 Å². The van der Waals surface area contributed by atoms with Gasteiger partial charge in [-0.05, 0) is 83.5 Å². The van der Waals surface area contributed by atoms with Crippen molar-refractivity contribution in [2.75, 3.05) is 13.2 Å². The van der Waals surface area contributed by atoms with Crippen LogP contribution >= 0.6 is 0 Å². The zero-order chi connectivity index (χ0) is 47.2. The van der Waals surface area contributed by atoms with E-state index in [1.165, 1.54) is 212 Å². The first kappa shape index (κ1) is 63.1. The van der Waals surface area contributed by atoms with Crippen molar-refractivity contribution in [3.63, 3.8) is 0 Å². The van der Waals surface area contributed by atoms with Gasteiger partial charge in [-0.3, -0.25) is 9.59 Å². The molecule has 0 aliphatic heterocycles. The molecule has 0 aliphatic rings. The molecule has 3 N–H and O–H groups in total. The molecular weight excluding hydrogens is 803 g/mol. The van der Waals surface area contributed by atoms with Crippen LogP contribution in [0.2, 0.25) is 0 Å². The fourth-order valence-corrected chi connectivity index (χ4v) is 8.68. The lowest BCUT2D eigenvalue weighted by Crippen LogP contribution is -2.45. The summed E-state index contributed by atoms with van der Waals surface area (Å²) >= 11 is 0. The molecule has 1 amide bonds. The van der Waals surface area contributed by atoms with Crippen molar-refractivity contribution in [3.05, 3.63) is 36.5 Å². The Morgan fingerprint density at radius 2 is 0.723 bits per heavy atom. The van der Waals surface area contributed by atoms with E-state index in [1.807, 2.05) is 6.08 Å². The first-order chi connectivity index (χ1) is 32.0. The molecule has 0 aromatic rings. The van der Waals surface area contributed by atoms with E-state index in [-0.39, 0.29) is 18.5 Å². The maximum Gasteiger partial charge on any atom is 0.305 e. The highest BCUT2D eigenvalue weighted by Gasteiger charge is 2.18. The number of aliphatic hydroxyl groups excluding tert-OH is 2. The van der Waals surface area contributed by atoms with Gasteiger partial charge in [0.15, 0.2) is 0 Å². The van der Waals surface area contributed by atoms with Crippen LogP contribution in [-0.4, -0.2) is 47.4 Å². The standard InChI is InChI=1S/C59H111NO5/c1-3-5-7-9-11-13-15-17-19-23-27-31-35-39-43-47-51-57(62)56(55-61)60-58(63)52-48-44-40-36-32-28-24-21-22-26-30-34-38-42-46-50-54-65-59(64)53-49-45-41-37-33-29-25-20-18-16-14-12-10-8-6-4-2/h20-21,24-25,47,51,56-57,61-62H,3-19,22-23,26-46,48-50,52-55H2,1-2H3,(H,60,63)/b24-21-,25-20-,51-47+. The number of esters is 1. The predicted octanol–water partition coefficient (Wildman–Crippen LogP) is 17.6. The zero-order valence-corrected chi connectivity index (χ0v) is 43.5. The van der Waals surface area contributed by atoms with E-state index < -0.39 is 12.1 Å². The molecule has 6 heteroatoms. The number of hydrogen-bond donors (Lipinski definition) is 3. The molecule has 0 spiro atoms. The first-order valence-electron chi connectivity index (χ1n) is 28.8.